The molecule has 0 aliphatic rings. The average Bonchev–Trinajstić information content (AvgIpc) is 3.21. The Morgan fingerprint density at radius 2 is 1.97 bits per heavy atom. The highest BCUT2D eigenvalue weighted by Crippen LogP contribution is 2.21. The van der Waals surface area contributed by atoms with E-state index in [0.717, 1.165) is 5.69 Å². The molecule has 7 nitrogen and oxygen atoms in total. The van der Waals surface area contributed by atoms with Crippen molar-refractivity contribution in [2.75, 3.05) is 25.0 Å². The van der Waals surface area contributed by atoms with Crippen LogP contribution in [0, 0.1) is 0 Å². The first-order valence-corrected chi connectivity index (χ1v) is 9.62. The van der Waals surface area contributed by atoms with E-state index in [9.17, 15) is 9.90 Å². The molecular formula is C20H28ClIN4O3. The largest absolute Gasteiger partial charge is 0.466 e. The molecule has 1 amide bonds. The van der Waals surface area contributed by atoms with Gasteiger partial charge in [0.15, 0.2) is 5.96 Å². The second-order valence-corrected chi connectivity index (χ2v) is 6.97. The van der Waals surface area contributed by atoms with Gasteiger partial charge in [0.2, 0.25) is 5.91 Å². The molecule has 2 aromatic rings. The predicted octanol–water partition coefficient (Wildman–Crippen LogP) is 3.73. The molecule has 9 heteroatoms. The Hall–Kier alpha value is -1.78. The fourth-order valence-electron chi connectivity index (χ4n) is 2.45. The van der Waals surface area contributed by atoms with Gasteiger partial charge in [-0.2, -0.15) is 0 Å². The monoisotopic (exact) mass is 534 g/mol. The van der Waals surface area contributed by atoms with Gasteiger partial charge < -0.3 is 25.5 Å². The number of furan rings is 1. The maximum atomic E-state index is 12.0. The molecule has 160 valence electrons. The van der Waals surface area contributed by atoms with Crippen molar-refractivity contribution in [2.45, 2.75) is 32.3 Å². The topological polar surface area (TPSA) is 98.9 Å². The number of hydrogen-bond donors (Lipinski definition) is 4. The molecule has 0 aliphatic carbocycles. The molecule has 4 N–H and O–H groups in total. The van der Waals surface area contributed by atoms with Gasteiger partial charge in [0.1, 0.15) is 11.4 Å². The first-order valence-electron chi connectivity index (χ1n) is 9.24. The van der Waals surface area contributed by atoms with E-state index in [1.807, 2.05) is 6.92 Å². The number of aliphatic hydroxyl groups is 1. The molecule has 0 fully saturated rings. The highest BCUT2D eigenvalue weighted by molar-refractivity contribution is 14.0. The van der Waals surface area contributed by atoms with E-state index in [1.54, 1.807) is 43.3 Å². The smallest absolute Gasteiger partial charge is 0.224 e. The normalized spacial score (nSPS) is 13.2. The van der Waals surface area contributed by atoms with Gasteiger partial charge in [0.05, 0.1) is 12.8 Å². The van der Waals surface area contributed by atoms with E-state index >= 15 is 0 Å². The Morgan fingerprint density at radius 1 is 1.24 bits per heavy atom. The van der Waals surface area contributed by atoms with Gasteiger partial charge in [0.25, 0.3) is 0 Å². The first-order chi connectivity index (χ1) is 13.4. The molecule has 29 heavy (non-hydrogen) atoms. The summed E-state index contributed by atoms with van der Waals surface area (Å²) in [6, 6.07) is 10.4. The molecule has 0 bridgehead atoms. The summed E-state index contributed by atoms with van der Waals surface area (Å²) in [5.41, 5.74) is -0.470. The van der Waals surface area contributed by atoms with Crippen LogP contribution in [0.25, 0.3) is 0 Å². The average molecular weight is 535 g/mol. The van der Waals surface area contributed by atoms with Crippen molar-refractivity contribution in [3.63, 3.8) is 0 Å². The lowest BCUT2D eigenvalue weighted by Crippen LogP contribution is -2.39. The third-order valence-electron chi connectivity index (χ3n) is 3.94. The van der Waals surface area contributed by atoms with E-state index < -0.39 is 5.60 Å². The number of nitrogens with zero attached hydrogens (tertiary/aromatic N) is 1. The van der Waals surface area contributed by atoms with Crippen LogP contribution >= 0.6 is 35.6 Å². The van der Waals surface area contributed by atoms with E-state index in [-0.39, 0.29) is 36.4 Å². The Labute approximate surface area is 193 Å². The summed E-state index contributed by atoms with van der Waals surface area (Å²) in [5, 5.41) is 20.2. The Morgan fingerprint density at radius 3 is 2.59 bits per heavy atom. The lowest BCUT2D eigenvalue weighted by molar-refractivity contribution is -0.116. The molecule has 0 spiro atoms. The second kappa shape index (κ2) is 12.7. The quantitative estimate of drug-likeness (QED) is 0.170. The van der Waals surface area contributed by atoms with Crippen LogP contribution in [0.2, 0.25) is 5.02 Å². The van der Waals surface area contributed by atoms with E-state index in [2.05, 4.69) is 20.9 Å². The highest BCUT2D eigenvalue weighted by Gasteiger charge is 2.26. The number of benzene rings is 1. The Kier molecular flexibility index (Phi) is 11.1. The standard InChI is InChI=1S/C20H27ClN4O3.HI/c1-3-22-19(24-14-20(2,27)17-6-5-13-28-17)23-12-4-7-18(26)25-16-10-8-15(21)9-11-16;/h5-6,8-11,13,27H,3-4,7,12,14H2,1-2H3,(H,25,26)(H2,22,23,24);1H. The number of rotatable bonds is 9. The fourth-order valence-corrected chi connectivity index (χ4v) is 2.58. The number of carbonyl (C=O) groups is 1. The van der Waals surface area contributed by atoms with Crippen LogP contribution in [0.1, 0.15) is 32.4 Å². The summed E-state index contributed by atoms with van der Waals surface area (Å²) in [6.07, 6.45) is 2.53. The zero-order chi connectivity index (χ0) is 20.4. The lowest BCUT2D eigenvalue weighted by atomic mass is 10.0. The molecule has 1 aromatic heterocycles. The van der Waals surface area contributed by atoms with Crippen LogP contribution < -0.4 is 16.0 Å². The van der Waals surface area contributed by atoms with Gasteiger partial charge in [-0.25, -0.2) is 4.99 Å². The van der Waals surface area contributed by atoms with E-state index in [4.69, 9.17) is 16.0 Å². The van der Waals surface area contributed by atoms with Crippen LogP contribution in [0.5, 0.6) is 0 Å². The number of guanidine groups is 1. The minimum atomic E-state index is -1.19. The number of aliphatic imine (C=N–C) groups is 1. The van der Waals surface area contributed by atoms with Gasteiger partial charge in [-0.3, -0.25) is 4.79 Å². The third-order valence-corrected chi connectivity index (χ3v) is 4.19. The maximum absolute atomic E-state index is 12.0. The number of halogens is 2. The van der Waals surface area contributed by atoms with Crippen molar-refractivity contribution < 1.29 is 14.3 Å². The fraction of sp³-hybridized carbons (Fsp3) is 0.400. The van der Waals surface area contributed by atoms with Crippen LogP contribution in [0.4, 0.5) is 5.69 Å². The van der Waals surface area contributed by atoms with Crippen molar-refractivity contribution in [1.82, 2.24) is 10.6 Å². The van der Waals surface area contributed by atoms with E-state index in [1.165, 1.54) is 6.26 Å². The summed E-state index contributed by atoms with van der Waals surface area (Å²) >= 11 is 5.83. The van der Waals surface area contributed by atoms with Gasteiger partial charge in [-0.1, -0.05) is 11.6 Å². The Balaban J connectivity index is 0.00000420. The zero-order valence-electron chi connectivity index (χ0n) is 16.6. The minimum Gasteiger partial charge on any atom is -0.466 e. The van der Waals surface area contributed by atoms with Crippen LogP contribution in [-0.4, -0.2) is 36.6 Å². The molecule has 1 unspecified atom stereocenters. The van der Waals surface area contributed by atoms with Crippen molar-refractivity contribution in [3.8, 4) is 0 Å². The number of nitrogens with one attached hydrogen (secondary N) is 3. The van der Waals surface area contributed by atoms with Crippen molar-refractivity contribution in [3.05, 3.63) is 53.4 Å². The molecular weight excluding hydrogens is 507 g/mol. The number of amides is 1. The molecule has 0 saturated carbocycles. The molecule has 1 atom stereocenters. The minimum absolute atomic E-state index is 0. The van der Waals surface area contributed by atoms with Crippen LogP contribution in [0.15, 0.2) is 52.1 Å². The number of carbonyl (C=O) groups excluding carboxylic acids is 1. The first kappa shape index (κ1) is 25.3. The van der Waals surface area contributed by atoms with Crippen molar-refractivity contribution >= 4 is 53.1 Å². The third kappa shape index (κ3) is 9.05. The zero-order valence-corrected chi connectivity index (χ0v) is 19.7. The van der Waals surface area contributed by atoms with Gasteiger partial charge in [0, 0.05) is 30.2 Å². The number of hydrogen-bond acceptors (Lipinski definition) is 4. The molecule has 2 rings (SSSR count). The summed E-state index contributed by atoms with van der Waals surface area (Å²) < 4.78 is 5.26. The lowest BCUT2D eigenvalue weighted by Gasteiger charge is -2.19. The summed E-state index contributed by atoms with van der Waals surface area (Å²) in [7, 11) is 0. The molecule has 1 heterocycles. The molecule has 0 saturated heterocycles. The van der Waals surface area contributed by atoms with E-state index in [0.29, 0.717) is 42.7 Å². The molecule has 0 radical (unpaired) electrons. The summed E-state index contributed by atoms with van der Waals surface area (Å²) in [5.74, 6) is 0.977. The molecule has 0 aliphatic heterocycles. The van der Waals surface area contributed by atoms with Crippen LogP contribution in [0.3, 0.4) is 0 Å². The predicted molar refractivity (Wildman–Crippen MR) is 127 cm³/mol. The number of anilines is 1. The summed E-state index contributed by atoms with van der Waals surface area (Å²) in [4.78, 5) is 16.4. The highest BCUT2D eigenvalue weighted by atomic mass is 127. The van der Waals surface area contributed by atoms with Gasteiger partial charge in [-0.05, 0) is 56.7 Å². The maximum Gasteiger partial charge on any atom is 0.224 e. The Bertz CT molecular complexity index is 765. The van der Waals surface area contributed by atoms with Gasteiger partial charge >= 0.3 is 0 Å². The van der Waals surface area contributed by atoms with Crippen LogP contribution in [-0.2, 0) is 10.4 Å². The molecule has 1 aromatic carbocycles. The van der Waals surface area contributed by atoms with Gasteiger partial charge in [-0.15, -0.1) is 24.0 Å². The summed E-state index contributed by atoms with van der Waals surface area (Å²) in [6.45, 7) is 5.02. The second-order valence-electron chi connectivity index (χ2n) is 6.53. The SMILES string of the molecule is CCNC(=NCC(C)(O)c1ccco1)NCCCC(=O)Nc1ccc(Cl)cc1.I. The van der Waals surface area contributed by atoms with Crippen molar-refractivity contribution in [2.24, 2.45) is 4.99 Å². The van der Waals surface area contributed by atoms with Crippen molar-refractivity contribution in [1.29, 1.82) is 0 Å².